The topological polar surface area (TPSA) is 55.1 Å². The Balaban J connectivity index is 3.19. The molecule has 1 rings (SSSR count). The van der Waals surface area contributed by atoms with Gasteiger partial charge in [-0.3, -0.25) is 4.79 Å². The Hall–Kier alpha value is -1.08. The van der Waals surface area contributed by atoms with E-state index in [2.05, 4.69) is 21.2 Å². The van der Waals surface area contributed by atoms with Gasteiger partial charge in [0.1, 0.15) is 0 Å². The van der Waals surface area contributed by atoms with Gasteiger partial charge < -0.3 is 11.1 Å². The van der Waals surface area contributed by atoms with Gasteiger partial charge in [-0.25, -0.2) is 0 Å². The van der Waals surface area contributed by atoms with Crippen LogP contribution < -0.4 is 11.1 Å². The third-order valence-corrected chi connectivity index (χ3v) is 4.15. The van der Waals surface area contributed by atoms with Gasteiger partial charge in [-0.2, -0.15) is 13.2 Å². The summed E-state index contributed by atoms with van der Waals surface area (Å²) in [4.78, 5) is 12.2. The maximum absolute atomic E-state index is 13.0. The number of carbonyl (C=O) groups excluding carboxylic acids is 1. The lowest BCUT2D eigenvalue weighted by atomic mass is 9.92. The summed E-state index contributed by atoms with van der Waals surface area (Å²) in [5.74, 6) is -0.760. The number of nitrogens with two attached hydrogens (primary N) is 1. The number of amides is 1. The van der Waals surface area contributed by atoms with Crippen LogP contribution in [0.4, 0.5) is 13.2 Å². The van der Waals surface area contributed by atoms with Crippen molar-refractivity contribution in [2.45, 2.75) is 38.4 Å². The number of alkyl halides is 3. The lowest BCUT2D eigenvalue weighted by molar-refractivity contribution is -0.138. The molecular formula is C14H18BrF3N2O. The molecule has 118 valence electrons. The van der Waals surface area contributed by atoms with Crippen molar-refractivity contribution in [2.24, 2.45) is 5.73 Å². The zero-order valence-corrected chi connectivity index (χ0v) is 13.4. The number of hydrogen-bond donors (Lipinski definition) is 2. The van der Waals surface area contributed by atoms with Crippen molar-refractivity contribution in [3.05, 3.63) is 33.8 Å². The van der Waals surface area contributed by atoms with Crippen LogP contribution in [0, 0.1) is 0 Å². The Bertz CT molecular complexity index is 505. The highest BCUT2D eigenvalue weighted by atomic mass is 79.9. The maximum Gasteiger partial charge on any atom is 0.417 e. The molecule has 3 nitrogen and oxygen atoms in total. The fourth-order valence-electron chi connectivity index (χ4n) is 2.02. The van der Waals surface area contributed by atoms with Crippen molar-refractivity contribution in [1.82, 2.24) is 5.32 Å². The molecular weight excluding hydrogens is 349 g/mol. The highest BCUT2D eigenvalue weighted by Gasteiger charge is 2.37. The van der Waals surface area contributed by atoms with E-state index in [9.17, 15) is 18.0 Å². The molecule has 0 aliphatic rings. The monoisotopic (exact) mass is 366 g/mol. The first kappa shape index (κ1) is 18.0. The molecule has 0 saturated heterocycles. The SMILES string of the molecule is CCC(CC)(CN)NC(=O)c1ccc(Br)cc1C(F)(F)F. The predicted molar refractivity (Wildman–Crippen MR) is 79.0 cm³/mol. The molecule has 1 aromatic carbocycles. The van der Waals surface area contributed by atoms with Crippen molar-refractivity contribution in [3.8, 4) is 0 Å². The molecule has 0 fully saturated rings. The van der Waals surface area contributed by atoms with Crippen LogP contribution in [0.5, 0.6) is 0 Å². The van der Waals surface area contributed by atoms with Gasteiger partial charge in [-0.05, 0) is 31.0 Å². The molecule has 7 heteroatoms. The van der Waals surface area contributed by atoms with E-state index < -0.39 is 28.7 Å². The minimum Gasteiger partial charge on any atom is -0.345 e. The molecule has 0 radical (unpaired) electrons. The van der Waals surface area contributed by atoms with Gasteiger partial charge in [0.15, 0.2) is 0 Å². The molecule has 0 aliphatic carbocycles. The van der Waals surface area contributed by atoms with Crippen LogP contribution in [0.25, 0.3) is 0 Å². The molecule has 1 aromatic rings. The first-order chi connectivity index (χ1) is 9.69. The van der Waals surface area contributed by atoms with E-state index in [4.69, 9.17) is 5.73 Å². The normalized spacial score (nSPS) is 12.3. The average molecular weight is 367 g/mol. The van der Waals surface area contributed by atoms with Crippen molar-refractivity contribution >= 4 is 21.8 Å². The fraction of sp³-hybridized carbons (Fsp3) is 0.500. The van der Waals surface area contributed by atoms with Gasteiger partial charge >= 0.3 is 6.18 Å². The van der Waals surface area contributed by atoms with Crippen LogP contribution >= 0.6 is 15.9 Å². The summed E-state index contributed by atoms with van der Waals surface area (Å²) in [7, 11) is 0. The molecule has 1 amide bonds. The van der Waals surface area contributed by atoms with Gasteiger partial charge in [0.25, 0.3) is 5.91 Å². The van der Waals surface area contributed by atoms with E-state index in [1.54, 1.807) is 0 Å². The molecule has 0 heterocycles. The summed E-state index contributed by atoms with van der Waals surface area (Å²) < 4.78 is 39.4. The lowest BCUT2D eigenvalue weighted by Crippen LogP contribution is -2.53. The Morgan fingerprint density at radius 1 is 1.29 bits per heavy atom. The van der Waals surface area contributed by atoms with Crippen molar-refractivity contribution in [1.29, 1.82) is 0 Å². The van der Waals surface area contributed by atoms with Crippen molar-refractivity contribution in [2.75, 3.05) is 6.54 Å². The van der Waals surface area contributed by atoms with Crippen LogP contribution in [-0.2, 0) is 6.18 Å². The Labute approximate surface area is 130 Å². The molecule has 21 heavy (non-hydrogen) atoms. The van der Waals surface area contributed by atoms with Crippen LogP contribution in [0.3, 0.4) is 0 Å². The van der Waals surface area contributed by atoms with E-state index in [0.29, 0.717) is 12.8 Å². The quantitative estimate of drug-likeness (QED) is 0.834. The molecule has 0 aliphatic heterocycles. The van der Waals surface area contributed by atoms with Gasteiger partial charge in [0.2, 0.25) is 0 Å². The number of halogens is 4. The van der Waals surface area contributed by atoms with E-state index in [1.165, 1.54) is 6.07 Å². The average Bonchev–Trinajstić information content (AvgIpc) is 2.43. The zero-order chi connectivity index (χ0) is 16.3. The summed E-state index contributed by atoms with van der Waals surface area (Å²) in [5.41, 5.74) is 3.61. The van der Waals surface area contributed by atoms with E-state index in [1.807, 2.05) is 13.8 Å². The largest absolute Gasteiger partial charge is 0.417 e. The minimum absolute atomic E-state index is 0.170. The van der Waals surface area contributed by atoms with Gasteiger partial charge in [0, 0.05) is 11.0 Å². The zero-order valence-electron chi connectivity index (χ0n) is 11.9. The first-order valence-electron chi connectivity index (χ1n) is 6.58. The molecule has 0 saturated carbocycles. The van der Waals surface area contributed by atoms with Crippen molar-refractivity contribution in [3.63, 3.8) is 0 Å². The van der Waals surface area contributed by atoms with Gasteiger partial charge in [-0.15, -0.1) is 0 Å². The van der Waals surface area contributed by atoms with Crippen molar-refractivity contribution < 1.29 is 18.0 Å². The van der Waals surface area contributed by atoms with E-state index in [0.717, 1.165) is 12.1 Å². The van der Waals surface area contributed by atoms with Gasteiger partial charge in [-0.1, -0.05) is 29.8 Å². The summed E-state index contributed by atoms with van der Waals surface area (Å²) in [6, 6.07) is 3.47. The fourth-order valence-corrected chi connectivity index (χ4v) is 2.38. The van der Waals surface area contributed by atoms with Crippen LogP contribution in [-0.4, -0.2) is 18.0 Å². The second-order valence-electron chi connectivity index (χ2n) is 4.83. The highest BCUT2D eigenvalue weighted by molar-refractivity contribution is 9.10. The third kappa shape index (κ3) is 4.20. The first-order valence-corrected chi connectivity index (χ1v) is 7.37. The summed E-state index contributed by atoms with van der Waals surface area (Å²) in [6.45, 7) is 3.84. The summed E-state index contributed by atoms with van der Waals surface area (Å²) in [5, 5.41) is 2.65. The van der Waals surface area contributed by atoms with E-state index in [-0.39, 0.29) is 11.0 Å². The molecule has 0 unspecified atom stereocenters. The highest BCUT2D eigenvalue weighted by Crippen LogP contribution is 2.34. The number of nitrogens with one attached hydrogen (secondary N) is 1. The van der Waals surface area contributed by atoms with E-state index >= 15 is 0 Å². The van der Waals surface area contributed by atoms with Crippen LogP contribution in [0.15, 0.2) is 22.7 Å². The summed E-state index contributed by atoms with van der Waals surface area (Å²) >= 11 is 2.99. The number of rotatable bonds is 5. The predicted octanol–water partition coefficient (Wildman–Crippen LogP) is 3.72. The third-order valence-electron chi connectivity index (χ3n) is 3.65. The second kappa shape index (κ2) is 6.79. The maximum atomic E-state index is 13.0. The van der Waals surface area contributed by atoms with Crippen LogP contribution in [0.2, 0.25) is 0 Å². The number of benzene rings is 1. The Kier molecular flexibility index (Phi) is 5.81. The lowest BCUT2D eigenvalue weighted by Gasteiger charge is -2.31. The molecule has 0 spiro atoms. The molecule has 0 bridgehead atoms. The molecule has 3 N–H and O–H groups in total. The Morgan fingerprint density at radius 2 is 1.86 bits per heavy atom. The smallest absolute Gasteiger partial charge is 0.345 e. The molecule has 0 atom stereocenters. The number of carbonyl (C=O) groups is 1. The number of hydrogen-bond acceptors (Lipinski definition) is 2. The molecule has 0 aromatic heterocycles. The standard InChI is InChI=1S/C14H18BrF3N2O/c1-3-13(4-2,8-19)20-12(21)10-6-5-9(15)7-11(10)14(16,17)18/h5-7H,3-4,8,19H2,1-2H3,(H,20,21). The Morgan fingerprint density at radius 3 is 2.29 bits per heavy atom. The summed E-state index contributed by atoms with van der Waals surface area (Å²) in [6.07, 6.45) is -3.51. The van der Waals surface area contributed by atoms with Gasteiger partial charge in [0.05, 0.1) is 16.7 Å². The minimum atomic E-state index is -4.60. The van der Waals surface area contributed by atoms with Crippen LogP contribution in [0.1, 0.15) is 42.6 Å². The second-order valence-corrected chi connectivity index (χ2v) is 5.75.